The van der Waals surface area contributed by atoms with Gasteiger partial charge in [-0.1, -0.05) is 27.7 Å². The smallest absolute Gasteiger partial charge is 0.318 e. The Balaban J connectivity index is 0.986. The molecule has 56 heavy (non-hydrogen) atoms. The number of Topliss-reactive ketones (excluding diaryl/α,β-unsaturated/α-hetero) is 1. The molecule has 13 unspecified atom stereocenters. The van der Waals surface area contributed by atoms with Crippen molar-refractivity contribution in [2.24, 2.45) is 106 Å². The summed E-state index contributed by atoms with van der Waals surface area (Å²) in [4.78, 5) is 82.6. The van der Waals surface area contributed by atoms with E-state index in [-0.39, 0.29) is 82.8 Å². The largest absolute Gasteiger partial charge is 0.465 e. The first kappa shape index (κ1) is 37.5. The molecule has 10 aliphatic carbocycles. The van der Waals surface area contributed by atoms with Crippen LogP contribution in [-0.2, 0) is 47.7 Å². The Morgan fingerprint density at radius 3 is 1.98 bits per heavy atom. The second-order valence-electron chi connectivity index (χ2n) is 22.0. The first-order chi connectivity index (χ1) is 26.6. The maximum atomic E-state index is 15.3. The van der Waals surface area contributed by atoms with Gasteiger partial charge in [-0.3, -0.25) is 28.8 Å². The van der Waals surface area contributed by atoms with E-state index in [0.29, 0.717) is 56.0 Å². The molecule has 12 aliphatic rings. The van der Waals surface area contributed by atoms with Crippen LogP contribution >= 0.6 is 0 Å². The molecule has 0 aromatic carbocycles. The number of cyclic esters (lactones) is 3. The van der Waals surface area contributed by atoms with Gasteiger partial charge in [0, 0.05) is 23.2 Å². The highest BCUT2D eigenvalue weighted by molar-refractivity contribution is 5.98. The summed E-state index contributed by atoms with van der Waals surface area (Å²) in [5.41, 5.74) is -1.59. The molecule has 0 aromatic heterocycles. The fourth-order valence-electron chi connectivity index (χ4n) is 16.6. The number of rotatable bonds is 11. The van der Waals surface area contributed by atoms with Crippen molar-refractivity contribution >= 4 is 35.6 Å². The van der Waals surface area contributed by atoms with Crippen molar-refractivity contribution < 1.29 is 47.7 Å². The molecule has 0 N–H and O–H groups in total. The Labute approximate surface area is 331 Å². The second-order valence-corrected chi connectivity index (χ2v) is 22.0. The average molecular weight is 775 g/mol. The van der Waals surface area contributed by atoms with Crippen molar-refractivity contribution in [3.05, 3.63) is 0 Å². The Kier molecular flexibility index (Phi) is 8.61. The fraction of sp³-hybridized carbons (Fsp3) is 0.870. The van der Waals surface area contributed by atoms with E-state index < -0.39 is 52.8 Å². The highest BCUT2D eigenvalue weighted by atomic mass is 16.6. The zero-order valence-corrected chi connectivity index (χ0v) is 34.0. The number of fused-ring (bicyclic) bond motifs is 5. The van der Waals surface area contributed by atoms with Crippen LogP contribution in [0.3, 0.4) is 0 Å². The lowest BCUT2D eigenvalue weighted by molar-refractivity contribution is -0.221. The summed E-state index contributed by atoms with van der Waals surface area (Å²) in [6.45, 7) is 10.8. The molecule has 10 saturated carbocycles. The van der Waals surface area contributed by atoms with Gasteiger partial charge in [-0.05, 0) is 150 Å². The van der Waals surface area contributed by atoms with E-state index in [1.807, 2.05) is 0 Å². The predicted octanol–water partition coefficient (Wildman–Crippen LogP) is 6.89. The number of ether oxygens (including phenoxy) is 4. The Morgan fingerprint density at radius 2 is 1.39 bits per heavy atom. The molecule has 0 radical (unpaired) electrons. The van der Waals surface area contributed by atoms with Gasteiger partial charge in [-0.2, -0.15) is 0 Å². The van der Waals surface area contributed by atoms with Crippen LogP contribution in [0.5, 0.6) is 0 Å². The van der Waals surface area contributed by atoms with Gasteiger partial charge in [0.25, 0.3) is 0 Å². The number of ketones is 1. The zero-order chi connectivity index (χ0) is 39.2. The van der Waals surface area contributed by atoms with Gasteiger partial charge in [0.2, 0.25) is 0 Å². The van der Waals surface area contributed by atoms with E-state index in [0.717, 1.165) is 38.5 Å². The summed E-state index contributed by atoms with van der Waals surface area (Å²) in [6, 6.07) is 0. The van der Waals surface area contributed by atoms with E-state index in [4.69, 9.17) is 18.9 Å². The molecule has 12 rings (SSSR count). The predicted molar refractivity (Wildman–Crippen MR) is 199 cm³/mol. The van der Waals surface area contributed by atoms with Gasteiger partial charge < -0.3 is 18.9 Å². The van der Waals surface area contributed by atoms with Crippen molar-refractivity contribution in [1.29, 1.82) is 0 Å². The maximum absolute atomic E-state index is 15.3. The van der Waals surface area contributed by atoms with Crippen LogP contribution in [0.15, 0.2) is 0 Å². The Morgan fingerprint density at radius 1 is 0.768 bits per heavy atom. The maximum Gasteiger partial charge on any atom is 0.318 e. The van der Waals surface area contributed by atoms with E-state index in [9.17, 15) is 24.0 Å². The minimum atomic E-state index is -1.09. The number of esters is 5. The van der Waals surface area contributed by atoms with Crippen molar-refractivity contribution in [3.8, 4) is 0 Å². The molecule has 0 amide bonds. The Bertz CT molecular complexity index is 1680. The number of carbonyl (C=O) groups is 6. The van der Waals surface area contributed by atoms with Crippen molar-refractivity contribution in [3.63, 3.8) is 0 Å². The lowest BCUT2D eigenvalue weighted by Gasteiger charge is -2.63. The molecular weight excluding hydrogens is 712 g/mol. The highest BCUT2D eigenvalue weighted by Gasteiger charge is 2.65. The monoisotopic (exact) mass is 774 g/mol. The zero-order valence-electron chi connectivity index (χ0n) is 34.0. The fourth-order valence-corrected chi connectivity index (χ4v) is 16.6. The molecule has 2 heterocycles. The summed E-state index contributed by atoms with van der Waals surface area (Å²) in [6.07, 6.45) is 11.8. The van der Waals surface area contributed by atoms with Gasteiger partial charge >= 0.3 is 29.8 Å². The van der Waals surface area contributed by atoms with Crippen LogP contribution in [0.25, 0.3) is 0 Å². The van der Waals surface area contributed by atoms with Crippen LogP contribution in [0.4, 0.5) is 0 Å². The van der Waals surface area contributed by atoms with Gasteiger partial charge in [-0.25, -0.2) is 0 Å². The minimum absolute atomic E-state index is 0.0134. The SMILES string of the molecule is CC1C(=O)OC(=O)C1C(CC(CC1C(C)C2CC1C1COC(=O)C21)C(=O)OC(C)(C(C)C)C12CC3CC(CC(C3)C1)C2)C(=O)OC12CC3CC(C1)C(=O)C(C3)C2. The van der Waals surface area contributed by atoms with E-state index >= 15 is 4.79 Å². The Hall–Kier alpha value is -2.78. The first-order valence-corrected chi connectivity index (χ1v) is 22.5. The molecular formula is C46H62O10. The van der Waals surface area contributed by atoms with Crippen LogP contribution in [0.2, 0.25) is 0 Å². The molecule has 12 fully saturated rings. The number of hydrogen-bond acceptors (Lipinski definition) is 10. The average Bonchev–Trinajstić information content (AvgIpc) is 3.85. The van der Waals surface area contributed by atoms with E-state index in [1.54, 1.807) is 6.92 Å². The summed E-state index contributed by atoms with van der Waals surface area (Å²) < 4.78 is 24.4. The minimum Gasteiger partial charge on any atom is -0.465 e. The molecule has 10 nitrogen and oxygen atoms in total. The lowest BCUT2D eigenvalue weighted by Crippen LogP contribution is -2.61. The third-order valence-corrected chi connectivity index (χ3v) is 18.9. The molecule has 13 atom stereocenters. The standard InChI is InChI=1S/C46H62O10/c1-21(2)44(5,45-14-24-6-25(15-45)8-26(7-24)16-45)55-40(49)28(11-31-22(3)32-13-33(31)35-20-53-42(51)37(32)35)12-34(36-23(4)39(48)54-43(36)52)41(50)56-46-17-27-9-29(18-46)38(47)30(10-27)19-46/h21-37H,6-20H2,1-5H3. The molecule has 306 valence electrons. The van der Waals surface area contributed by atoms with Crippen LogP contribution < -0.4 is 0 Å². The normalized spacial score (nSPS) is 48.5. The number of carbonyl (C=O) groups excluding carboxylic acids is 6. The third-order valence-electron chi connectivity index (χ3n) is 18.9. The molecule has 0 spiro atoms. The second kappa shape index (κ2) is 12.9. The molecule has 2 aliphatic heterocycles. The lowest BCUT2D eigenvalue weighted by atomic mass is 9.44. The van der Waals surface area contributed by atoms with Crippen molar-refractivity contribution in [2.45, 2.75) is 136 Å². The van der Waals surface area contributed by atoms with Crippen LogP contribution in [-0.4, -0.2) is 53.4 Å². The molecule has 10 bridgehead atoms. The topological polar surface area (TPSA) is 139 Å². The summed E-state index contributed by atoms with van der Waals surface area (Å²) in [5.74, 6) is -3.00. The van der Waals surface area contributed by atoms with Crippen LogP contribution in [0, 0.1) is 106 Å². The van der Waals surface area contributed by atoms with E-state index in [1.165, 1.54) is 19.3 Å². The van der Waals surface area contributed by atoms with Crippen molar-refractivity contribution in [1.82, 2.24) is 0 Å². The summed E-state index contributed by atoms with van der Waals surface area (Å²) in [7, 11) is 0. The quantitative estimate of drug-likeness (QED) is 0.124. The van der Waals surface area contributed by atoms with E-state index in [2.05, 4.69) is 27.7 Å². The van der Waals surface area contributed by atoms with Gasteiger partial charge in [0.05, 0.1) is 36.2 Å². The van der Waals surface area contributed by atoms with Gasteiger partial charge in [-0.15, -0.1) is 0 Å². The summed E-state index contributed by atoms with van der Waals surface area (Å²) >= 11 is 0. The molecule has 0 aromatic rings. The van der Waals surface area contributed by atoms with Gasteiger partial charge in [0.1, 0.15) is 17.0 Å². The molecule has 10 heteroatoms. The number of hydrogen-bond donors (Lipinski definition) is 0. The first-order valence-electron chi connectivity index (χ1n) is 22.5. The van der Waals surface area contributed by atoms with Crippen LogP contribution in [0.1, 0.15) is 125 Å². The van der Waals surface area contributed by atoms with Crippen molar-refractivity contribution in [2.75, 3.05) is 6.61 Å². The molecule has 2 saturated heterocycles. The third kappa shape index (κ3) is 5.50. The highest BCUT2D eigenvalue weighted by Crippen LogP contribution is 2.66. The summed E-state index contributed by atoms with van der Waals surface area (Å²) in [5, 5.41) is 0. The van der Waals surface area contributed by atoms with Gasteiger partial charge in [0.15, 0.2) is 0 Å².